The first-order valence-corrected chi connectivity index (χ1v) is 9.19. The summed E-state index contributed by atoms with van der Waals surface area (Å²) in [5.74, 6) is 0.518. The lowest BCUT2D eigenvalue weighted by Crippen LogP contribution is -2.57. The second-order valence-corrected chi connectivity index (χ2v) is 7.28. The molecule has 0 bridgehead atoms. The molecule has 1 saturated carbocycles. The lowest BCUT2D eigenvalue weighted by atomic mass is 10.1. The molecule has 2 aliphatic rings. The molecule has 2 N–H and O–H groups in total. The summed E-state index contributed by atoms with van der Waals surface area (Å²) in [6, 6.07) is 4.74. The summed E-state index contributed by atoms with van der Waals surface area (Å²) >= 11 is 0. The van der Waals surface area contributed by atoms with E-state index >= 15 is 0 Å². The molecule has 1 aliphatic carbocycles. The minimum atomic E-state index is -0.286. The van der Waals surface area contributed by atoms with Crippen LogP contribution >= 0.6 is 0 Å². The smallest absolute Gasteiger partial charge is 0.317 e. The molecular weight excluding hydrogens is 321 g/mol. The normalized spacial score (nSPS) is 21.4. The molecule has 0 radical (unpaired) electrons. The number of hydrogen-bond acceptors (Lipinski definition) is 3. The van der Waals surface area contributed by atoms with Crippen molar-refractivity contribution in [2.75, 3.05) is 32.8 Å². The van der Waals surface area contributed by atoms with E-state index in [0.717, 1.165) is 30.1 Å². The monoisotopic (exact) mass is 349 g/mol. The van der Waals surface area contributed by atoms with E-state index in [1.54, 1.807) is 6.07 Å². The van der Waals surface area contributed by atoms with Crippen molar-refractivity contribution in [3.63, 3.8) is 0 Å². The topological polar surface area (TPSA) is 55.8 Å². The van der Waals surface area contributed by atoms with Crippen LogP contribution < -0.4 is 5.32 Å². The van der Waals surface area contributed by atoms with Crippen LogP contribution in [0.5, 0.6) is 0 Å². The summed E-state index contributed by atoms with van der Waals surface area (Å²) < 4.78 is 13.4. The van der Waals surface area contributed by atoms with Gasteiger partial charge in [0.25, 0.3) is 0 Å². The Morgan fingerprint density at radius 2 is 2.16 bits per heavy atom. The number of carbonyl (C=O) groups is 1. The fourth-order valence-corrected chi connectivity index (χ4v) is 3.49. The zero-order valence-electron chi connectivity index (χ0n) is 14.9. The van der Waals surface area contributed by atoms with E-state index in [1.165, 1.54) is 25.0 Å². The van der Waals surface area contributed by atoms with Gasteiger partial charge < -0.3 is 15.3 Å². The van der Waals surface area contributed by atoms with Crippen molar-refractivity contribution in [2.24, 2.45) is 5.92 Å². The highest BCUT2D eigenvalue weighted by atomic mass is 19.1. The average Bonchev–Trinajstić information content (AvgIpc) is 3.41. The van der Waals surface area contributed by atoms with Gasteiger partial charge in [-0.2, -0.15) is 0 Å². The van der Waals surface area contributed by atoms with Crippen LogP contribution in [0, 0.1) is 18.7 Å². The minimum absolute atomic E-state index is 0.113. The molecule has 1 aromatic carbocycles. The van der Waals surface area contributed by atoms with Gasteiger partial charge in [0.1, 0.15) is 5.82 Å². The van der Waals surface area contributed by atoms with Gasteiger partial charge in [0.05, 0.1) is 0 Å². The summed E-state index contributed by atoms with van der Waals surface area (Å²) in [6.07, 6.45) is 3.30. The van der Waals surface area contributed by atoms with Crippen LogP contribution in [0.4, 0.5) is 9.18 Å². The van der Waals surface area contributed by atoms with Crippen LogP contribution in [0.25, 0.3) is 0 Å². The quantitative estimate of drug-likeness (QED) is 0.827. The zero-order chi connectivity index (χ0) is 17.8. The molecule has 0 unspecified atom stereocenters. The summed E-state index contributed by atoms with van der Waals surface area (Å²) in [5.41, 5.74) is 1.77. The summed E-state index contributed by atoms with van der Waals surface area (Å²) in [7, 11) is 0. The molecule has 2 fully saturated rings. The van der Waals surface area contributed by atoms with E-state index in [1.807, 2.05) is 11.8 Å². The number of aliphatic hydroxyl groups excluding tert-OH is 1. The molecule has 1 saturated heterocycles. The third-order valence-electron chi connectivity index (χ3n) is 5.29. The Labute approximate surface area is 148 Å². The van der Waals surface area contributed by atoms with Gasteiger partial charge in [0, 0.05) is 45.4 Å². The first-order valence-electron chi connectivity index (χ1n) is 9.19. The number of benzene rings is 1. The van der Waals surface area contributed by atoms with Crippen molar-refractivity contribution in [3.8, 4) is 0 Å². The summed E-state index contributed by atoms with van der Waals surface area (Å²) in [4.78, 5) is 16.7. The molecule has 1 heterocycles. The van der Waals surface area contributed by atoms with Crippen LogP contribution in [0.15, 0.2) is 18.2 Å². The molecule has 6 heteroatoms. The first-order chi connectivity index (χ1) is 12.1. The second-order valence-electron chi connectivity index (χ2n) is 7.28. The molecule has 5 nitrogen and oxygen atoms in total. The molecule has 25 heavy (non-hydrogen) atoms. The Morgan fingerprint density at radius 1 is 1.36 bits per heavy atom. The zero-order valence-corrected chi connectivity index (χ0v) is 14.9. The van der Waals surface area contributed by atoms with Gasteiger partial charge in [-0.15, -0.1) is 0 Å². The van der Waals surface area contributed by atoms with E-state index in [-0.39, 0.29) is 24.5 Å². The standard InChI is InChI=1S/C19H28FN3O2/c1-14-2-5-17(20)10-16(14)11-21-19(25)23-8-7-22(12-15-3-4-15)18(13-23)6-9-24/h2,5,10,15,18,24H,3-4,6-9,11-13H2,1H3,(H,21,25)/t18-/m1/s1. The number of amides is 2. The van der Waals surface area contributed by atoms with Gasteiger partial charge in [-0.05, 0) is 55.4 Å². The predicted octanol–water partition coefficient (Wildman–Crippen LogP) is 2.12. The number of halogens is 1. The molecule has 2 amide bonds. The maximum atomic E-state index is 13.4. The maximum Gasteiger partial charge on any atom is 0.317 e. The summed E-state index contributed by atoms with van der Waals surface area (Å²) in [5, 5.41) is 12.2. The highest BCUT2D eigenvalue weighted by molar-refractivity contribution is 5.74. The number of hydrogen-bond donors (Lipinski definition) is 2. The lowest BCUT2D eigenvalue weighted by molar-refractivity contribution is 0.0702. The largest absolute Gasteiger partial charge is 0.396 e. The number of piperazine rings is 1. The Balaban J connectivity index is 1.53. The molecule has 1 aliphatic heterocycles. The van der Waals surface area contributed by atoms with E-state index in [0.29, 0.717) is 26.1 Å². The van der Waals surface area contributed by atoms with Crippen molar-refractivity contribution in [1.82, 2.24) is 15.1 Å². The molecule has 1 atom stereocenters. The Morgan fingerprint density at radius 3 is 2.88 bits per heavy atom. The molecular formula is C19H28FN3O2. The number of nitrogens with one attached hydrogen (secondary N) is 1. The minimum Gasteiger partial charge on any atom is -0.396 e. The van der Waals surface area contributed by atoms with Crippen LogP contribution in [0.3, 0.4) is 0 Å². The van der Waals surface area contributed by atoms with E-state index < -0.39 is 0 Å². The van der Waals surface area contributed by atoms with Gasteiger partial charge in [-0.3, -0.25) is 4.90 Å². The van der Waals surface area contributed by atoms with E-state index in [2.05, 4.69) is 10.2 Å². The number of carbonyl (C=O) groups excluding carboxylic acids is 1. The van der Waals surface area contributed by atoms with Crippen LogP contribution in [0.1, 0.15) is 30.4 Å². The second kappa shape index (κ2) is 8.15. The number of urea groups is 1. The number of aliphatic hydroxyl groups is 1. The average molecular weight is 349 g/mol. The fraction of sp³-hybridized carbons (Fsp3) is 0.632. The van der Waals surface area contributed by atoms with Gasteiger partial charge >= 0.3 is 6.03 Å². The third kappa shape index (κ3) is 4.92. The van der Waals surface area contributed by atoms with E-state index in [9.17, 15) is 14.3 Å². The molecule has 0 aromatic heterocycles. The van der Waals surface area contributed by atoms with Crippen molar-refractivity contribution in [3.05, 3.63) is 35.1 Å². The van der Waals surface area contributed by atoms with Crippen molar-refractivity contribution < 1.29 is 14.3 Å². The molecule has 3 rings (SSSR count). The molecule has 1 aromatic rings. The van der Waals surface area contributed by atoms with Gasteiger partial charge in [0.2, 0.25) is 0 Å². The number of aryl methyl sites for hydroxylation is 1. The van der Waals surface area contributed by atoms with Crippen LogP contribution in [-0.4, -0.2) is 59.8 Å². The van der Waals surface area contributed by atoms with Crippen LogP contribution in [0.2, 0.25) is 0 Å². The maximum absolute atomic E-state index is 13.4. The molecule has 0 spiro atoms. The van der Waals surface area contributed by atoms with Crippen LogP contribution in [-0.2, 0) is 6.54 Å². The van der Waals surface area contributed by atoms with Crippen molar-refractivity contribution in [2.45, 2.75) is 38.8 Å². The van der Waals surface area contributed by atoms with Crippen molar-refractivity contribution in [1.29, 1.82) is 0 Å². The lowest BCUT2D eigenvalue weighted by Gasteiger charge is -2.41. The highest BCUT2D eigenvalue weighted by Crippen LogP contribution is 2.31. The predicted molar refractivity (Wildman–Crippen MR) is 94.7 cm³/mol. The van der Waals surface area contributed by atoms with Gasteiger partial charge in [-0.25, -0.2) is 9.18 Å². The van der Waals surface area contributed by atoms with E-state index in [4.69, 9.17) is 0 Å². The van der Waals surface area contributed by atoms with Gasteiger partial charge in [0.15, 0.2) is 0 Å². The first kappa shape index (κ1) is 18.1. The Bertz CT molecular complexity index is 606. The highest BCUT2D eigenvalue weighted by Gasteiger charge is 2.33. The number of nitrogens with zero attached hydrogens (tertiary/aromatic N) is 2. The van der Waals surface area contributed by atoms with Gasteiger partial charge in [-0.1, -0.05) is 6.07 Å². The molecule has 138 valence electrons. The Kier molecular flexibility index (Phi) is 5.91. The Hall–Kier alpha value is -1.66. The fourth-order valence-electron chi connectivity index (χ4n) is 3.49. The van der Waals surface area contributed by atoms with Crippen molar-refractivity contribution >= 4 is 6.03 Å². The third-order valence-corrected chi connectivity index (χ3v) is 5.29. The summed E-state index contributed by atoms with van der Waals surface area (Å²) in [6.45, 7) is 5.66. The number of rotatable bonds is 6. The SMILES string of the molecule is Cc1ccc(F)cc1CNC(=O)N1CCN(CC2CC2)[C@H](CCO)C1.